The predicted octanol–water partition coefficient (Wildman–Crippen LogP) is 12.8. The Morgan fingerprint density at radius 2 is 1.52 bits per heavy atom. The Labute approximate surface area is 301 Å². The maximum absolute atomic E-state index is 5.98. The van der Waals surface area contributed by atoms with Crippen LogP contribution in [0.1, 0.15) is 63.5 Å². The molecule has 1 aliphatic carbocycles. The molecule has 5 aromatic carbocycles. The molecule has 0 bridgehead atoms. The molecule has 0 saturated carbocycles. The minimum atomic E-state index is 0.762. The molecule has 6 aromatic rings. The maximum atomic E-state index is 5.98. The van der Waals surface area contributed by atoms with Crippen molar-refractivity contribution in [1.82, 2.24) is 4.57 Å². The summed E-state index contributed by atoms with van der Waals surface area (Å²) in [6, 6.07) is 35.1. The average molecular weight is 674 g/mol. The molecular weight excluding hydrogens is 627 g/mol. The number of aryl methyl sites for hydroxylation is 2. The summed E-state index contributed by atoms with van der Waals surface area (Å²) in [6.07, 6.45) is 15.9. The zero-order valence-electron chi connectivity index (χ0n) is 29.7. The molecule has 0 unspecified atom stereocenters. The van der Waals surface area contributed by atoms with Gasteiger partial charge in [0, 0.05) is 38.0 Å². The van der Waals surface area contributed by atoms with E-state index >= 15 is 0 Å². The van der Waals surface area contributed by atoms with Crippen molar-refractivity contribution in [2.75, 3.05) is 6.61 Å². The van der Waals surface area contributed by atoms with Crippen LogP contribution in [0.5, 0.6) is 5.75 Å². The number of hydrogen-bond donors (Lipinski definition) is 0. The Balaban J connectivity index is 1.28. The molecule has 0 N–H and O–H groups in total. The fourth-order valence-corrected chi connectivity index (χ4v) is 8.36. The summed E-state index contributed by atoms with van der Waals surface area (Å²) < 4.78 is 8.52. The SMILES string of the molecule is C=C(/C=C/C1=C(Sc2ccc(OCCCC)cc2)C(=C/C=c2\c3cccc4cccc(c43)n2CCCC)/CC1)c1cccc2cccc(C)c12. The number of aromatic nitrogens is 1. The van der Waals surface area contributed by atoms with E-state index in [1.54, 1.807) is 0 Å². The molecule has 7 rings (SSSR count). The third kappa shape index (κ3) is 6.98. The number of ether oxygens (including phenoxy) is 1. The van der Waals surface area contributed by atoms with Crippen LogP contribution in [0.3, 0.4) is 0 Å². The van der Waals surface area contributed by atoms with Crippen LogP contribution in [-0.4, -0.2) is 11.2 Å². The highest BCUT2D eigenvalue weighted by Crippen LogP contribution is 2.44. The lowest BCUT2D eigenvalue weighted by Gasteiger charge is -2.10. The number of fused-ring (bicyclic) bond motifs is 1. The van der Waals surface area contributed by atoms with Crippen molar-refractivity contribution in [2.45, 2.75) is 70.7 Å². The Morgan fingerprint density at radius 1 is 0.800 bits per heavy atom. The van der Waals surface area contributed by atoms with E-state index in [2.05, 4.69) is 153 Å². The van der Waals surface area contributed by atoms with Crippen LogP contribution in [-0.2, 0) is 6.54 Å². The van der Waals surface area contributed by atoms with E-state index in [4.69, 9.17) is 4.74 Å². The first-order valence-corrected chi connectivity index (χ1v) is 19.1. The second-order valence-electron chi connectivity index (χ2n) is 13.4. The highest BCUT2D eigenvalue weighted by molar-refractivity contribution is 8.03. The lowest BCUT2D eigenvalue weighted by Crippen LogP contribution is -2.16. The number of thioether (sulfide) groups is 1. The summed E-state index contributed by atoms with van der Waals surface area (Å²) in [6.45, 7) is 13.0. The molecule has 2 nitrogen and oxygen atoms in total. The van der Waals surface area contributed by atoms with Crippen LogP contribution in [0, 0.1) is 6.92 Å². The third-order valence-electron chi connectivity index (χ3n) is 9.92. The van der Waals surface area contributed by atoms with Crippen molar-refractivity contribution in [1.29, 1.82) is 0 Å². The highest BCUT2D eigenvalue weighted by atomic mass is 32.2. The number of hydrogen-bond acceptors (Lipinski definition) is 2. The molecule has 0 spiro atoms. The van der Waals surface area contributed by atoms with Gasteiger partial charge in [0.2, 0.25) is 0 Å². The molecule has 3 heteroatoms. The molecular formula is C47H47NOS. The minimum absolute atomic E-state index is 0.762. The lowest BCUT2D eigenvalue weighted by atomic mass is 9.95. The summed E-state index contributed by atoms with van der Waals surface area (Å²) in [5.74, 6) is 0.938. The monoisotopic (exact) mass is 673 g/mol. The van der Waals surface area contributed by atoms with E-state index in [0.717, 1.165) is 56.6 Å². The number of allylic oxidation sites excluding steroid dienone is 6. The molecule has 1 aliphatic rings. The fourth-order valence-electron chi connectivity index (χ4n) is 7.25. The van der Waals surface area contributed by atoms with E-state index in [-0.39, 0.29) is 0 Å². The predicted molar refractivity (Wildman–Crippen MR) is 218 cm³/mol. The minimum Gasteiger partial charge on any atom is -0.494 e. The Bertz CT molecular complexity index is 2300. The van der Waals surface area contributed by atoms with Gasteiger partial charge in [-0.05, 0) is 113 Å². The molecule has 252 valence electrons. The van der Waals surface area contributed by atoms with E-state index in [1.807, 2.05) is 11.8 Å². The van der Waals surface area contributed by atoms with Crippen LogP contribution in [0.25, 0.3) is 44.1 Å². The van der Waals surface area contributed by atoms with Crippen LogP contribution in [0.2, 0.25) is 0 Å². The second-order valence-corrected chi connectivity index (χ2v) is 14.5. The molecule has 1 heterocycles. The van der Waals surface area contributed by atoms with Gasteiger partial charge in [-0.2, -0.15) is 0 Å². The molecule has 0 amide bonds. The standard InChI is InChI=1S/C47H47NOS/c1-5-7-31-48-43(42-19-11-16-36-17-12-20-44(48)46(36)42)30-25-38-24-23-37(47(38)50-40-28-26-39(27-29-40)49-32-8-6-2)22-21-33(3)41-18-10-15-35-14-9-13-34(4)45(35)41/h9-22,25-30H,3,5-8,23-24,31-32H2,1-2,4H3/b22-21+,38-25+,43-30+. The lowest BCUT2D eigenvalue weighted by molar-refractivity contribution is 0.309. The van der Waals surface area contributed by atoms with Gasteiger partial charge in [0.1, 0.15) is 5.75 Å². The number of rotatable bonds is 13. The quantitative estimate of drug-likeness (QED) is 0.0895. The van der Waals surface area contributed by atoms with Gasteiger partial charge < -0.3 is 9.30 Å². The summed E-state index contributed by atoms with van der Waals surface area (Å²) in [5.41, 5.74) is 7.60. The molecule has 50 heavy (non-hydrogen) atoms. The molecule has 1 aromatic heterocycles. The van der Waals surface area contributed by atoms with Gasteiger partial charge in [-0.25, -0.2) is 0 Å². The van der Waals surface area contributed by atoms with Crippen LogP contribution < -0.4 is 10.1 Å². The van der Waals surface area contributed by atoms with Gasteiger partial charge in [-0.3, -0.25) is 0 Å². The zero-order valence-corrected chi connectivity index (χ0v) is 30.5. The fraction of sp³-hybridized carbons (Fsp3) is 0.234. The topological polar surface area (TPSA) is 14.2 Å². The van der Waals surface area contributed by atoms with E-state index in [9.17, 15) is 0 Å². The number of benzene rings is 5. The third-order valence-corrected chi connectivity index (χ3v) is 11.2. The number of unbranched alkanes of at least 4 members (excludes halogenated alkanes) is 2. The van der Waals surface area contributed by atoms with Crippen molar-refractivity contribution in [3.05, 3.63) is 154 Å². The van der Waals surface area contributed by atoms with Gasteiger partial charge in [0.05, 0.1) is 6.61 Å². The molecule has 0 radical (unpaired) electrons. The van der Waals surface area contributed by atoms with Crippen molar-refractivity contribution in [3.63, 3.8) is 0 Å². The smallest absolute Gasteiger partial charge is 0.119 e. The average Bonchev–Trinajstić information content (AvgIpc) is 3.67. The van der Waals surface area contributed by atoms with Gasteiger partial charge in [0.15, 0.2) is 0 Å². The van der Waals surface area contributed by atoms with Crippen LogP contribution >= 0.6 is 11.8 Å². The van der Waals surface area contributed by atoms with Crippen LogP contribution in [0.4, 0.5) is 0 Å². The van der Waals surface area contributed by atoms with E-state index in [0.29, 0.717) is 0 Å². The van der Waals surface area contributed by atoms with Crippen molar-refractivity contribution < 1.29 is 4.74 Å². The second kappa shape index (κ2) is 15.4. The molecule has 0 atom stereocenters. The molecule has 0 saturated heterocycles. The molecule has 0 aliphatic heterocycles. The van der Waals surface area contributed by atoms with Crippen molar-refractivity contribution in [3.8, 4) is 5.75 Å². The Kier molecular flexibility index (Phi) is 10.4. The van der Waals surface area contributed by atoms with Gasteiger partial charge in [-0.1, -0.05) is 130 Å². The van der Waals surface area contributed by atoms with Crippen molar-refractivity contribution in [2.24, 2.45) is 0 Å². The summed E-state index contributed by atoms with van der Waals surface area (Å²) in [7, 11) is 0. The summed E-state index contributed by atoms with van der Waals surface area (Å²) >= 11 is 1.87. The number of nitrogens with zero attached hydrogens (tertiary/aromatic N) is 1. The normalized spacial score (nSPS) is 14.8. The largest absolute Gasteiger partial charge is 0.494 e. The summed E-state index contributed by atoms with van der Waals surface area (Å²) in [4.78, 5) is 2.56. The summed E-state index contributed by atoms with van der Waals surface area (Å²) in [5, 5.41) is 7.87. The van der Waals surface area contributed by atoms with E-state index in [1.165, 1.54) is 76.3 Å². The Hall–Kier alpha value is -4.73. The van der Waals surface area contributed by atoms with Gasteiger partial charge >= 0.3 is 0 Å². The van der Waals surface area contributed by atoms with Gasteiger partial charge in [-0.15, -0.1) is 0 Å². The van der Waals surface area contributed by atoms with Crippen LogP contribution in [0.15, 0.2) is 143 Å². The van der Waals surface area contributed by atoms with Crippen molar-refractivity contribution >= 4 is 55.9 Å². The Morgan fingerprint density at radius 3 is 2.30 bits per heavy atom. The highest BCUT2D eigenvalue weighted by Gasteiger charge is 2.20. The first-order valence-electron chi connectivity index (χ1n) is 18.3. The first kappa shape index (κ1) is 33.8. The van der Waals surface area contributed by atoms with Gasteiger partial charge in [0.25, 0.3) is 0 Å². The van der Waals surface area contributed by atoms with E-state index < -0.39 is 0 Å². The zero-order chi connectivity index (χ0) is 34.5. The maximum Gasteiger partial charge on any atom is 0.119 e. The first-order chi connectivity index (χ1) is 24.6. The molecule has 0 fully saturated rings.